The fourth-order valence-corrected chi connectivity index (χ4v) is 3.02. The van der Waals surface area contributed by atoms with Crippen LogP contribution >= 0.6 is 11.6 Å². The number of nitrogens with zero attached hydrogens (tertiary/aromatic N) is 3. The summed E-state index contributed by atoms with van der Waals surface area (Å²) in [5.41, 5.74) is 1.97. The molecule has 0 fully saturated rings. The summed E-state index contributed by atoms with van der Waals surface area (Å²) in [7, 11) is 0. The number of pyridine rings is 2. The first-order chi connectivity index (χ1) is 11.5. The normalized spacial score (nSPS) is 17.8. The number of aliphatic hydroxyl groups excluding tert-OH is 1. The maximum atomic E-state index is 13.0. The fraction of sp³-hybridized carbons (Fsp3) is 0.235. The number of halogens is 2. The molecule has 7 heteroatoms. The van der Waals surface area contributed by atoms with E-state index < -0.39 is 5.95 Å². The average molecular weight is 348 g/mol. The first kappa shape index (κ1) is 16.4. The number of amides is 1. The molecule has 1 aliphatic heterocycles. The van der Waals surface area contributed by atoms with Crippen LogP contribution in [-0.2, 0) is 4.79 Å². The predicted octanol–water partition coefficient (Wildman–Crippen LogP) is 3.67. The second-order valence-electron chi connectivity index (χ2n) is 5.46. The highest BCUT2D eigenvalue weighted by molar-refractivity contribution is 6.32. The average Bonchev–Trinajstić information content (AvgIpc) is 2.55. The van der Waals surface area contributed by atoms with Gasteiger partial charge in [-0.25, -0.2) is 9.97 Å². The topological polar surface area (TPSA) is 66.3 Å². The van der Waals surface area contributed by atoms with Crippen LogP contribution < -0.4 is 0 Å². The zero-order valence-corrected chi connectivity index (χ0v) is 13.7. The van der Waals surface area contributed by atoms with E-state index in [4.69, 9.17) is 11.6 Å². The second kappa shape index (κ2) is 6.57. The Kier molecular flexibility index (Phi) is 4.49. The monoisotopic (exact) mass is 347 g/mol. The van der Waals surface area contributed by atoms with Crippen LogP contribution in [0.1, 0.15) is 24.9 Å². The van der Waals surface area contributed by atoms with Crippen molar-refractivity contribution >= 4 is 17.5 Å². The molecule has 1 N–H and O–H groups in total. The summed E-state index contributed by atoms with van der Waals surface area (Å²) in [5, 5.41) is 10.1. The Morgan fingerprint density at radius 3 is 2.83 bits per heavy atom. The van der Waals surface area contributed by atoms with Crippen molar-refractivity contribution in [2.45, 2.75) is 19.4 Å². The van der Waals surface area contributed by atoms with E-state index in [-0.39, 0.29) is 22.9 Å². The van der Waals surface area contributed by atoms with Crippen LogP contribution in [-0.4, -0.2) is 32.4 Å². The molecule has 0 saturated heterocycles. The van der Waals surface area contributed by atoms with E-state index in [0.717, 1.165) is 5.56 Å². The molecule has 124 valence electrons. The van der Waals surface area contributed by atoms with E-state index in [1.807, 2.05) is 6.92 Å². The molecule has 0 bridgehead atoms. The molecular formula is C17H15ClFN3O2. The van der Waals surface area contributed by atoms with Gasteiger partial charge >= 0.3 is 0 Å². The van der Waals surface area contributed by atoms with Crippen molar-refractivity contribution < 1.29 is 14.3 Å². The van der Waals surface area contributed by atoms with E-state index in [1.54, 1.807) is 23.2 Å². The lowest BCUT2D eigenvalue weighted by molar-refractivity contribution is -0.129. The zero-order chi connectivity index (χ0) is 17.3. The lowest BCUT2D eigenvalue weighted by Gasteiger charge is -2.33. The molecular weight excluding hydrogens is 333 g/mol. The van der Waals surface area contributed by atoms with Gasteiger partial charge in [-0.15, -0.1) is 0 Å². The van der Waals surface area contributed by atoms with E-state index in [1.165, 1.54) is 18.3 Å². The molecule has 2 aromatic rings. The number of hydrogen-bond acceptors (Lipinski definition) is 4. The van der Waals surface area contributed by atoms with Gasteiger partial charge in [0, 0.05) is 42.6 Å². The molecule has 0 radical (unpaired) electrons. The molecule has 24 heavy (non-hydrogen) atoms. The Bertz CT molecular complexity index is 808. The molecule has 5 nitrogen and oxygen atoms in total. The third-order valence-corrected chi connectivity index (χ3v) is 4.28. The predicted molar refractivity (Wildman–Crippen MR) is 87.9 cm³/mol. The largest absolute Gasteiger partial charge is 0.512 e. The molecule has 3 rings (SSSR count). The van der Waals surface area contributed by atoms with Gasteiger partial charge in [0.05, 0.1) is 6.04 Å². The van der Waals surface area contributed by atoms with Crippen molar-refractivity contribution in [2.75, 3.05) is 6.54 Å². The van der Waals surface area contributed by atoms with Crippen LogP contribution in [0.4, 0.5) is 4.39 Å². The van der Waals surface area contributed by atoms with Crippen molar-refractivity contribution in [1.82, 2.24) is 14.9 Å². The first-order valence-electron chi connectivity index (χ1n) is 7.47. The van der Waals surface area contributed by atoms with Crippen molar-refractivity contribution in [3.8, 4) is 11.1 Å². The van der Waals surface area contributed by atoms with Gasteiger partial charge in [-0.1, -0.05) is 11.6 Å². The van der Waals surface area contributed by atoms with E-state index in [0.29, 0.717) is 24.1 Å². The molecule has 0 spiro atoms. The number of aliphatic hydroxyl groups is 1. The SMILES string of the molecule is CCN1C(=O)C=C(O)CC1c1cnc(Cl)c(-c2ccc(F)nc2)c1. The minimum atomic E-state index is -0.580. The van der Waals surface area contributed by atoms with Crippen LogP contribution in [0.15, 0.2) is 42.4 Å². The third-order valence-electron chi connectivity index (χ3n) is 3.98. The molecule has 2 aromatic heterocycles. The number of carbonyl (C=O) groups excluding carboxylic acids is 1. The summed E-state index contributed by atoms with van der Waals surface area (Å²) >= 11 is 6.16. The lowest BCUT2D eigenvalue weighted by atomic mass is 9.96. The van der Waals surface area contributed by atoms with Crippen LogP contribution in [0, 0.1) is 5.95 Å². The van der Waals surface area contributed by atoms with E-state index in [9.17, 15) is 14.3 Å². The number of likely N-dealkylation sites (N-methyl/N-ethyl adjacent to an activating group) is 1. The minimum absolute atomic E-state index is 0.0367. The molecule has 1 aliphatic rings. The molecule has 0 saturated carbocycles. The Morgan fingerprint density at radius 2 is 2.17 bits per heavy atom. The highest BCUT2D eigenvalue weighted by Gasteiger charge is 2.29. The number of carbonyl (C=O) groups is 1. The standard InChI is InChI=1S/C17H15ClFN3O2/c1-2-22-14(6-12(23)7-16(22)24)11-5-13(17(18)21-9-11)10-3-4-15(19)20-8-10/h3-5,7-9,14,23H,2,6H2,1H3. The summed E-state index contributed by atoms with van der Waals surface area (Å²) in [6.45, 7) is 2.37. The summed E-state index contributed by atoms with van der Waals surface area (Å²) in [4.78, 5) is 21.5. The summed E-state index contributed by atoms with van der Waals surface area (Å²) in [6, 6.07) is 4.28. The summed E-state index contributed by atoms with van der Waals surface area (Å²) < 4.78 is 13.0. The second-order valence-corrected chi connectivity index (χ2v) is 5.81. The fourth-order valence-electron chi connectivity index (χ4n) is 2.80. The molecule has 1 unspecified atom stereocenters. The highest BCUT2D eigenvalue weighted by Crippen LogP contribution is 2.34. The van der Waals surface area contributed by atoms with Crippen molar-refractivity contribution in [3.05, 3.63) is 59.1 Å². The van der Waals surface area contributed by atoms with Gasteiger partial charge in [0.1, 0.15) is 10.9 Å². The Balaban J connectivity index is 2.03. The number of hydrogen-bond donors (Lipinski definition) is 1. The van der Waals surface area contributed by atoms with E-state index >= 15 is 0 Å². The molecule has 0 aromatic carbocycles. The minimum Gasteiger partial charge on any atom is -0.512 e. The van der Waals surface area contributed by atoms with Gasteiger partial charge in [0.2, 0.25) is 11.9 Å². The Morgan fingerprint density at radius 1 is 1.38 bits per heavy atom. The van der Waals surface area contributed by atoms with Crippen molar-refractivity contribution in [2.24, 2.45) is 0 Å². The third kappa shape index (κ3) is 3.10. The molecule has 0 aliphatic carbocycles. The Hall–Kier alpha value is -2.47. The smallest absolute Gasteiger partial charge is 0.250 e. The van der Waals surface area contributed by atoms with Gasteiger partial charge in [-0.2, -0.15) is 4.39 Å². The highest BCUT2D eigenvalue weighted by atomic mass is 35.5. The lowest BCUT2D eigenvalue weighted by Crippen LogP contribution is -2.37. The van der Waals surface area contributed by atoms with Gasteiger partial charge in [0.25, 0.3) is 0 Å². The van der Waals surface area contributed by atoms with Crippen molar-refractivity contribution in [3.63, 3.8) is 0 Å². The van der Waals surface area contributed by atoms with Crippen LogP contribution in [0.25, 0.3) is 11.1 Å². The van der Waals surface area contributed by atoms with Crippen LogP contribution in [0.2, 0.25) is 5.15 Å². The number of rotatable bonds is 3. The van der Waals surface area contributed by atoms with Gasteiger partial charge in [0.15, 0.2) is 0 Å². The van der Waals surface area contributed by atoms with Crippen molar-refractivity contribution in [1.29, 1.82) is 0 Å². The van der Waals surface area contributed by atoms with Gasteiger partial charge in [-0.05, 0) is 30.7 Å². The Labute approximate surface area is 143 Å². The summed E-state index contributed by atoms with van der Waals surface area (Å²) in [6.07, 6.45) is 4.50. The number of aromatic nitrogens is 2. The quantitative estimate of drug-likeness (QED) is 0.860. The van der Waals surface area contributed by atoms with Gasteiger partial charge in [-0.3, -0.25) is 4.79 Å². The van der Waals surface area contributed by atoms with Crippen LogP contribution in [0.3, 0.4) is 0 Å². The molecule has 1 amide bonds. The maximum Gasteiger partial charge on any atom is 0.250 e. The van der Waals surface area contributed by atoms with Gasteiger partial charge < -0.3 is 10.0 Å². The van der Waals surface area contributed by atoms with Crippen LogP contribution in [0.5, 0.6) is 0 Å². The molecule has 1 atom stereocenters. The van der Waals surface area contributed by atoms with E-state index in [2.05, 4.69) is 9.97 Å². The first-order valence-corrected chi connectivity index (χ1v) is 7.85. The summed E-state index contributed by atoms with van der Waals surface area (Å²) in [5.74, 6) is -0.787. The molecule has 3 heterocycles. The maximum absolute atomic E-state index is 13.0. The zero-order valence-electron chi connectivity index (χ0n) is 12.9.